The van der Waals surface area contributed by atoms with Crippen LogP contribution in [0.3, 0.4) is 0 Å². The number of aliphatic hydroxyl groups is 1. The van der Waals surface area contributed by atoms with Crippen LogP contribution in [-0.4, -0.2) is 73.4 Å². The van der Waals surface area contributed by atoms with Crippen molar-refractivity contribution in [2.75, 3.05) is 40.9 Å². The Balaban J connectivity index is 4.08. The number of carbonyl (C=O) groups is 1. The van der Waals surface area contributed by atoms with E-state index in [1.807, 2.05) is 27.2 Å². The minimum absolute atomic E-state index is 0.0501. The number of nitrogens with one attached hydrogen (secondary N) is 1. The standard InChI is InChI=1S/C79H141N2O6P/c1-6-8-10-12-14-16-18-20-22-24-26-28-30-32-34-35-36-37-38-39-40-41-42-43-44-45-47-49-51-53-55-57-59-61-63-65-67-69-71-73-79(83)80-77(76-87-88(84,85)86-75-74-81(3,4)5)78(82)72-70-68-66-64-62-60-58-56-54-52-50-48-46-33-31-29-27-25-23-21-19-17-15-13-11-9-7-2/h8,10,14,16,20,22,26,28,32,34,36-37,39-40,54,56,62,64,70,72,77-78,82H,6-7,9,11-13,15,17-19,21,23-25,27,29-31,33,35,38,41-53,55,57-61,63,65-69,71,73-76H2,1-5H3,(H-,80,83,84,85)/p+1/b10-8-,16-14-,22-20-,28-26-,34-32-,37-36-,40-39-,56-54+,64-62+,72-70+. The first-order valence-electron chi connectivity index (χ1n) is 36.9. The third-order valence-corrected chi connectivity index (χ3v) is 17.1. The van der Waals surface area contributed by atoms with Crippen molar-refractivity contribution in [3.63, 3.8) is 0 Å². The molecule has 0 aromatic rings. The van der Waals surface area contributed by atoms with Crippen molar-refractivity contribution in [1.29, 1.82) is 0 Å². The number of aliphatic hydroxyl groups excluding tert-OH is 1. The second-order valence-corrected chi connectivity index (χ2v) is 27.4. The van der Waals surface area contributed by atoms with Gasteiger partial charge in [0.1, 0.15) is 13.2 Å². The fourth-order valence-electron chi connectivity index (χ4n) is 10.5. The lowest BCUT2D eigenvalue weighted by molar-refractivity contribution is -0.870. The summed E-state index contributed by atoms with van der Waals surface area (Å²) in [6.07, 6.45) is 102. The molecule has 1 amide bonds. The van der Waals surface area contributed by atoms with Crippen molar-refractivity contribution < 1.29 is 32.9 Å². The molecule has 8 nitrogen and oxygen atoms in total. The summed E-state index contributed by atoms with van der Waals surface area (Å²) in [4.78, 5) is 23.4. The largest absolute Gasteiger partial charge is 0.472 e. The van der Waals surface area contributed by atoms with E-state index < -0.39 is 20.0 Å². The number of likely N-dealkylation sites (N-methyl/N-ethyl adjacent to an activating group) is 1. The molecule has 3 N–H and O–H groups in total. The normalized spacial score (nSPS) is 14.3. The van der Waals surface area contributed by atoms with E-state index in [0.29, 0.717) is 17.4 Å². The molecule has 0 saturated carbocycles. The lowest BCUT2D eigenvalue weighted by Crippen LogP contribution is -2.45. The van der Waals surface area contributed by atoms with Gasteiger partial charge >= 0.3 is 7.82 Å². The van der Waals surface area contributed by atoms with Crippen LogP contribution in [0.2, 0.25) is 0 Å². The van der Waals surface area contributed by atoms with Crippen molar-refractivity contribution >= 4 is 13.7 Å². The smallest absolute Gasteiger partial charge is 0.387 e. The van der Waals surface area contributed by atoms with E-state index in [9.17, 15) is 19.4 Å². The van der Waals surface area contributed by atoms with Gasteiger partial charge in [-0.25, -0.2) is 4.57 Å². The SMILES string of the molecule is CC/C=C\C/C=C\C/C=C\C/C=C\C/C=C\C/C=C\C/C=C\CCCCCCCCCCCCCCCCCCCC(=O)NC(COP(=O)(O)OCC[N+](C)(C)C)C(O)/C=C/CC/C=C/CC/C=C/CCCCCCCCCCCCCCCCCCC. The number of amides is 1. The van der Waals surface area contributed by atoms with Crippen LogP contribution in [0.15, 0.2) is 122 Å². The van der Waals surface area contributed by atoms with Crippen molar-refractivity contribution in [2.45, 2.75) is 334 Å². The van der Waals surface area contributed by atoms with Crippen molar-refractivity contribution in [1.82, 2.24) is 5.32 Å². The molecule has 0 aromatic heterocycles. The monoisotopic (exact) mass is 1250 g/mol. The zero-order valence-electron chi connectivity index (χ0n) is 58.2. The Morgan fingerprint density at radius 2 is 0.693 bits per heavy atom. The van der Waals surface area contributed by atoms with Crippen LogP contribution in [0, 0.1) is 0 Å². The van der Waals surface area contributed by atoms with E-state index in [1.54, 1.807) is 6.08 Å². The Hall–Kier alpha value is -3.10. The van der Waals surface area contributed by atoms with Gasteiger partial charge in [-0.3, -0.25) is 13.8 Å². The molecule has 0 aliphatic heterocycles. The van der Waals surface area contributed by atoms with Gasteiger partial charge in [0.15, 0.2) is 0 Å². The molecule has 3 unspecified atom stereocenters. The lowest BCUT2D eigenvalue weighted by atomic mass is 10.0. The van der Waals surface area contributed by atoms with E-state index in [4.69, 9.17) is 9.05 Å². The van der Waals surface area contributed by atoms with Crippen molar-refractivity contribution in [2.24, 2.45) is 0 Å². The Morgan fingerprint density at radius 3 is 1.05 bits per heavy atom. The fourth-order valence-corrected chi connectivity index (χ4v) is 11.2. The molecule has 0 aromatic carbocycles. The van der Waals surface area contributed by atoms with E-state index in [-0.39, 0.29) is 19.1 Å². The molecule has 0 bridgehead atoms. The quantitative estimate of drug-likeness (QED) is 0.0243. The van der Waals surface area contributed by atoms with E-state index in [0.717, 1.165) is 89.9 Å². The minimum atomic E-state index is -4.37. The highest BCUT2D eigenvalue weighted by Crippen LogP contribution is 2.43. The predicted molar refractivity (Wildman–Crippen MR) is 387 cm³/mol. The zero-order valence-corrected chi connectivity index (χ0v) is 59.1. The van der Waals surface area contributed by atoms with Gasteiger partial charge in [0.2, 0.25) is 5.91 Å². The number of phosphoric acid groups is 1. The van der Waals surface area contributed by atoms with Crippen LogP contribution in [-0.2, 0) is 18.4 Å². The number of carbonyl (C=O) groups excluding carboxylic acids is 1. The third-order valence-electron chi connectivity index (χ3n) is 16.1. The number of quaternary nitrogens is 1. The number of phosphoric ester groups is 1. The maximum Gasteiger partial charge on any atom is 0.472 e. The maximum absolute atomic E-state index is 13.1. The molecule has 0 heterocycles. The Kier molecular flexibility index (Phi) is 65.9. The molecule has 508 valence electrons. The first-order valence-corrected chi connectivity index (χ1v) is 38.4. The first-order chi connectivity index (χ1) is 43.0. The first kappa shape index (κ1) is 84.9. The highest BCUT2D eigenvalue weighted by molar-refractivity contribution is 7.47. The molecule has 0 saturated heterocycles. The predicted octanol–water partition coefficient (Wildman–Crippen LogP) is 24.0. The van der Waals surface area contributed by atoms with Gasteiger partial charge in [-0.1, -0.05) is 334 Å². The molecule has 0 fully saturated rings. The molecular formula is C79H142N2O6P+. The molecule has 0 aliphatic rings. The molecule has 0 rings (SSSR count). The molecule has 0 spiro atoms. The van der Waals surface area contributed by atoms with E-state index in [2.05, 4.69) is 129 Å². The van der Waals surface area contributed by atoms with Crippen molar-refractivity contribution in [3.05, 3.63) is 122 Å². The number of nitrogens with zero attached hydrogens (tertiary/aromatic N) is 1. The summed E-state index contributed by atoms with van der Waals surface area (Å²) in [7, 11) is 1.55. The molecule has 88 heavy (non-hydrogen) atoms. The highest BCUT2D eigenvalue weighted by Gasteiger charge is 2.28. The molecule has 0 radical (unpaired) electrons. The van der Waals surface area contributed by atoms with Gasteiger partial charge in [-0.05, 0) is 103 Å². The molecule has 3 atom stereocenters. The number of hydrogen-bond acceptors (Lipinski definition) is 5. The number of allylic oxidation sites excluding steroid dienone is 19. The molecular weight excluding hydrogens is 1100 g/mol. The van der Waals surface area contributed by atoms with Crippen LogP contribution in [0.1, 0.15) is 322 Å². The number of unbranched alkanes of at least 4 members (excludes halogenated alkanes) is 36. The summed E-state index contributed by atoms with van der Waals surface area (Å²) >= 11 is 0. The summed E-state index contributed by atoms with van der Waals surface area (Å²) in [5, 5.41) is 14.0. The number of rotatable bonds is 67. The van der Waals surface area contributed by atoms with Crippen LogP contribution >= 0.6 is 7.82 Å². The summed E-state index contributed by atoms with van der Waals surface area (Å²) in [6.45, 7) is 4.70. The van der Waals surface area contributed by atoms with E-state index in [1.165, 1.54) is 212 Å². The Morgan fingerprint density at radius 1 is 0.398 bits per heavy atom. The van der Waals surface area contributed by atoms with Gasteiger partial charge in [0.05, 0.1) is 39.9 Å². The average molecular weight is 1250 g/mol. The van der Waals surface area contributed by atoms with E-state index >= 15 is 0 Å². The molecule has 9 heteroatoms. The second-order valence-electron chi connectivity index (χ2n) is 25.9. The zero-order chi connectivity index (χ0) is 64.1. The van der Waals surface area contributed by atoms with Crippen molar-refractivity contribution in [3.8, 4) is 0 Å². The van der Waals surface area contributed by atoms with Crippen LogP contribution in [0.4, 0.5) is 0 Å². The van der Waals surface area contributed by atoms with Gasteiger partial charge in [-0.15, -0.1) is 0 Å². The van der Waals surface area contributed by atoms with Gasteiger partial charge in [0, 0.05) is 6.42 Å². The average Bonchev–Trinajstić information content (AvgIpc) is 3.70. The lowest BCUT2D eigenvalue weighted by Gasteiger charge is -2.25. The van der Waals surface area contributed by atoms with Crippen LogP contribution in [0.5, 0.6) is 0 Å². The van der Waals surface area contributed by atoms with Crippen LogP contribution in [0.25, 0.3) is 0 Å². The third kappa shape index (κ3) is 70.4. The summed E-state index contributed by atoms with van der Waals surface area (Å²) in [5.74, 6) is -0.190. The fraction of sp³-hybridized carbons (Fsp3) is 0.734. The summed E-state index contributed by atoms with van der Waals surface area (Å²) in [6, 6.07) is -0.877. The minimum Gasteiger partial charge on any atom is -0.387 e. The topological polar surface area (TPSA) is 105 Å². The summed E-state index contributed by atoms with van der Waals surface area (Å²) in [5.41, 5.74) is 0. The molecule has 0 aliphatic carbocycles. The highest BCUT2D eigenvalue weighted by atomic mass is 31.2. The van der Waals surface area contributed by atoms with Gasteiger partial charge < -0.3 is 19.8 Å². The second kappa shape index (κ2) is 68.3. The number of hydrogen-bond donors (Lipinski definition) is 3. The Labute approximate surface area is 545 Å². The Bertz CT molecular complexity index is 1850. The van der Waals surface area contributed by atoms with Gasteiger partial charge in [0.25, 0.3) is 0 Å². The maximum atomic E-state index is 13.1. The van der Waals surface area contributed by atoms with Gasteiger partial charge in [-0.2, -0.15) is 0 Å². The summed E-state index contributed by atoms with van der Waals surface area (Å²) < 4.78 is 23.8. The van der Waals surface area contributed by atoms with Crippen LogP contribution < -0.4 is 5.32 Å².